The maximum atomic E-state index is 13.5. The first kappa shape index (κ1) is 21.3. The molecule has 0 aliphatic rings. The first-order chi connectivity index (χ1) is 15.0. The van der Waals surface area contributed by atoms with E-state index < -0.39 is 0 Å². The Morgan fingerprint density at radius 1 is 1.19 bits per heavy atom. The lowest BCUT2D eigenvalue weighted by atomic mass is 10.0. The van der Waals surface area contributed by atoms with E-state index in [4.69, 9.17) is 21.3 Å². The number of amides is 1. The molecule has 31 heavy (non-hydrogen) atoms. The summed E-state index contributed by atoms with van der Waals surface area (Å²) in [4.78, 5) is 24.1. The molecular weight excluding hydrogens is 430 g/mol. The normalized spacial score (nSPS) is 11.0. The number of methoxy groups -OCH3 is 1. The summed E-state index contributed by atoms with van der Waals surface area (Å²) < 4.78 is 6.25. The standard InChI is InChI=1S/C24H22ClN3O2S/c1-15-6-7-16(2)18(11-15)12-21(29)28(14-17-5-4-10-26-13-17)24-27-22-20(30-3)9-8-19(25)23(22)31-24/h4-11,13H,12,14H2,1-3H3. The molecule has 0 aliphatic heterocycles. The molecule has 0 atom stereocenters. The number of carbonyl (C=O) groups is 1. The van der Waals surface area contributed by atoms with Crippen LogP contribution >= 0.6 is 22.9 Å². The minimum absolute atomic E-state index is 0.0355. The number of halogens is 1. The van der Waals surface area contributed by atoms with Gasteiger partial charge in [-0.05, 0) is 48.7 Å². The van der Waals surface area contributed by atoms with Crippen molar-refractivity contribution in [3.8, 4) is 5.75 Å². The summed E-state index contributed by atoms with van der Waals surface area (Å²) in [6.45, 7) is 4.43. The molecule has 1 amide bonds. The number of rotatable bonds is 6. The Bertz CT molecular complexity index is 1240. The quantitative estimate of drug-likeness (QED) is 0.374. The largest absolute Gasteiger partial charge is 0.494 e. The van der Waals surface area contributed by atoms with E-state index in [-0.39, 0.29) is 12.3 Å². The fraction of sp³-hybridized carbons (Fsp3) is 0.208. The average Bonchev–Trinajstić information content (AvgIpc) is 3.21. The second-order valence-electron chi connectivity index (χ2n) is 7.37. The zero-order chi connectivity index (χ0) is 22.0. The van der Waals surface area contributed by atoms with Gasteiger partial charge in [0.15, 0.2) is 5.13 Å². The summed E-state index contributed by atoms with van der Waals surface area (Å²) in [5.74, 6) is 0.594. The van der Waals surface area contributed by atoms with Crippen molar-refractivity contribution in [1.82, 2.24) is 9.97 Å². The van der Waals surface area contributed by atoms with Crippen LogP contribution in [-0.2, 0) is 17.8 Å². The molecule has 0 spiro atoms. The van der Waals surface area contributed by atoms with E-state index in [1.165, 1.54) is 11.3 Å². The number of hydrogen-bond acceptors (Lipinski definition) is 5. The third kappa shape index (κ3) is 4.55. The number of pyridine rings is 1. The van der Waals surface area contributed by atoms with Gasteiger partial charge in [-0.2, -0.15) is 0 Å². The molecule has 2 aromatic carbocycles. The number of thiazole rings is 1. The number of nitrogens with zero attached hydrogens (tertiary/aromatic N) is 3. The first-order valence-electron chi connectivity index (χ1n) is 9.84. The second-order valence-corrected chi connectivity index (χ2v) is 8.76. The predicted octanol–water partition coefficient (Wildman–Crippen LogP) is 5.75. The van der Waals surface area contributed by atoms with E-state index in [0.717, 1.165) is 27.0 Å². The lowest BCUT2D eigenvalue weighted by Crippen LogP contribution is -2.32. The summed E-state index contributed by atoms with van der Waals surface area (Å²) >= 11 is 7.80. The molecule has 0 saturated heterocycles. The van der Waals surface area contributed by atoms with Gasteiger partial charge in [-0.3, -0.25) is 14.7 Å². The molecule has 0 bridgehead atoms. The van der Waals surface area contributed by atoms with Crippen molar-refractivity contribution in [1.29, 1.82) is 0 Å². The Kier molecular flexibility index (Phi) is 6.20. The van der Waals surface area contributed by atoms with Crippen molar-refractivity contribution in [2.75, 3.05) is 12.0 Å². The smallest absolute Gasteiger partial charge is 0.233 e. The number of aromatic nitrogens is 2. The van der Waals surface area contributed by atoms with Crippen LogP contribution < -0.4 is 9.64 Å². The maximum Gasteiger partial charge on any atom is 0.233 e. The molecule has 0 saturated carbocycles. The van der Waals surface area contributed by atoms with Gasteiger partial charge in [0, 0.05) is 12.4 Å². The monoisotopic (exact) mass is 451 g/mol. The van der Waals surface area contributed by atoms with Crippen LogP contribution in [0.1, 0.15) is 22.3 Å². The molecule has 4 aromatic rings. The van der Waals surface area contributed by atoms with Crippen LogP contribution in [0.15, 0.2) is 54.9 Å². The van der Waals surface area contributed by atoms with Crippen molar-refractivity contribution in [2.24, 2.45) is 0 Å². The number of anilines is 1. The lowest BCUT2D eigenvalue weighted by Gasteiger charge is -2.20. The average molecular weight is 452 g/mol. The van der Waals surface area contributed by atoms with Gasteiger partial charge in [0.2, 0.25) is 5.91 Å². The SMILES string of the molecule is COc1ccc(Cl)c2sc(N(Cc3cccnc3)C(=O)Cc3cc(C)ccc3C)nc12. The molecule has 0 N–H and O–H groups in total. The van der Waals surface area contributed by atoms with Crippen LogP contribution in [-0.4, -0.2) is 23.0 Å². The molecule has 0 fully saturated rings. The van der Waals surface area contributed by atoms with E-state index in [0.29, 0.717) is 28.0 Å². The predicted molar refractivity (Wildman–Crippen MR) is 126 cm³/mol. The second kappa shape index (κ2) is 9.04. The van der Waals surface area contributed by atoms with E-state index in [2.05, 4.69) is 17.1 Å². The van der Waals surface area contributed by atoms with E-state index >= 15 is 0 Å². The third-order valence-electron chi connectivity index (χ3n) is 5.11. The number of hydrogen-bond donors (Lipinski definition) is 0. The maximum absolute atomic E-state index is 13.5. The number of carbonyl (C=O) groups excluding carboxylic acids is 1. The van der Waals surface area contributed by atoms with E-state index in [1.807, 2.05) is 32.0 Å². The van der Waals surface area contributed by atoms with Crippen LogP contribution in [0.5, 0.6) is 5.75 Å². The first-order valence-corrected chi connectivity index (χ1v) is 11.0. The molecule has 4 rings (SSSR count). The Morgan fingerprint density at radius 2 is 2.03 bits per heavy atom. The van der Waals surface area contributed by atoms with Gasteiger partial charge in [-0.15, -0.1) is 0 Å². The van der Waals surface area contributed by atoms with Crippen molar-refractivity contribution >= 4 is 44.2 Å². The van der Waals surface area contributed by atoms with Gasteiger partial charge in [0.25, 0.3) is 0 Å². The van der Waals surface area contributed by atoms with Crippen molar-refractivity contribution in [3.63, 3.8) is 0 Å². The number of benzene rings is 2. The zero-order valence-corrected chi connectivity index (χ0v) is 19.1. The Morgan fingerprint density at radius 3 is 2.77 bits per heavy atom. The van der Waals surface area contributed by atoms with E-state index in [1.54, 1.807) is 36.5 Å². The summed E-state index contributed by atoms with van der Waals surface area (Å²) in [5.41, 5.74) is 4.82. The number of fused-ring (bicyclic) bond motifs is 1. The summed E-state index contributed by atoms with van der Waals surface area (Å²) in [6.07, 6.45) is 3.77. The molecule has 7 heteroatoms. The van der Waals surface area contributed by atoms with Crippen LogP contribution in [0.4, 0.5) is 5.13 Å². The fourth-order valence-electron chi connectivity index (χ4n) is 3.41. The zero-order valence-electron chi connectivity index (χ0n) is 17.6. The molecule has 0 radical (unpaired) electrons. The molecule has 158 valence electrons. The Balaban J connectivity index is 1.76. The van der Waals surface area contributed by atoms with E-state index in [9.17, 15) is 4.79 Å². The number of ether oxygens (including phenoxy) is 1. The van der Waals surface area contributed by atoms with Crippen LogP contribution in [0.25, 0.3) is 10.2 Å². The van der Waals surface area contributed by atoms with Crippen LogP contribution in [0, 0.1) is 13.8 Å². The summed E-state index contributed by atoms with van der Waals surface area (Å²) in [6, 6.07) is 13.6. The van der Waals surface area contributed by atoms with Gasteiger partial charge in [-0.25, -0.2) is 4.98 Å². The number of aryl methyl sites for hydroxylation is 2. The Hall–Kier alpha value is -2.96. The minimum Gasteiger partial charge on any atom is -0.494 e. The van der Waals surface area contributed by atoms with Crippen LogP contribution in [0.2, 0.25) is 5.02 Å². The van der Waals surface area contributed by atoms with Crippen molar-refractivity contribution in [2.45, 2.75) is 26.8 Å². The fourth-order valence-corrected chi connectivity index (χ4v) is 4.68. The topological polar surface area (TPSA) is 55.3 Å². The van der Waals surface area contributed by atoms with Gasteiger partial charge >= 0.3 is 0 Å². The highest BCUT2D eigenvalue weighted by Crippen LogP contribution is 2.39. The Labute approximate surface area is 190 Å². The highest BCUT2D eigenvalue weighted by atomic mass is 35.5. The molecule has 2 aromatic heterocycles. The van der Waals surface area contributed by atoms with Crippen LogP contribution in [0.3, 0.4) is 0 Å². The minimum atomic E-state index is -0.0355. The molecule has 2 heterocycles. The molecular formula is C24H22ClN3O2S. The highest BCUT2D eigenvalue weighted by molar-refractivity contribution is 7.23. The molecule has 0 unspecified atom stereocenters. The van der Waals surface area contributed by atoms with Gasteiger partial charge in [0.1, 0.15) is 11.3 Å². The van der Waals surface area contributed by atoms with Gasteiger partial charge < -0.3 is 4.74 Å². The highest BCUT2D eigenvalue weighted by Gasteiger charge is 2.23. The summed E-state index contributed by atoms with van der Waals surface area (Å²) in [7, 11) is 1.60. The molecule has 5 nitrogen and oxygen atoms in total. The van der Waals surface area contributed by atoms with Crippen molar-refractivity contribution in [3.05, 3.63) is 82.1 Å². The third-order valence-corrected chi connectivity index (χ3v) is 6.65. The van der Waals surface area contributed by atoms with Crippen molar-refractivity contribution < 1.29 is 9.53 Å². The summed E-state index contributed by atoms with van der Waals surface area (Å²) in [5, 5.41) is 1.17. The van der Waals surface area contributed by atoms with Gasteiger partial charge in [0.05, 0.1) is 29.8 Å². The molecule has 0 aliphatic carbocycles. The lowest BCUT2D eigenvalue weighted by molar-refractivity contribution is -0.118. The van der Waals surface area contributed by atoms with Gasteiger partial charge in [-0.1, -0.05) is 52.8 Å².